The Morgan fingerprint density at radius 3 is 1.70 bits per heavy atom. The maximum absolute atomic E-state index is 13.3. The summed E-state index contributed by atoms with van der Waals surface area (Å²) >= 11 is 0. The molecular formula is C28H23FO9S2. The number of halogens is 1. The van der Waals surface area contributed by atoms with Crippen LogP contribution in [0.2, 0.25) is 0 Å². The highest BCUT2D eigenvalue weighted by Gasteiger charge is 2.28. The molecule has 9 nitrogen and oxygen atoms in total. The van der Waals surface area contributed by atoms with Crippen LogP contribution in [0, 0.1) is 19.7 Å². The zero-order chi connectivity index (χ0) is 29.1. The number of benzene rings is 4. The van der Waals surface area contributed by atoms with E-state index in [1.54, 1.807) is 26.0 Å². The largest absolute Gasteiger partial charge is 0.488 e. The highest BCUT2D eigenvalue weighted by molar-refractivity contribution is 7.87. The minimum absolute atomic E-state index is 0.191. The Kier molecular flexibility index (Phi) is 8.12. The molecule has 4 aromatic rings. The summed E-state index contributed by atoms with van der Waals surface area (Å²) < 4.78 is 81.2. The molecule has 1 N–H and O–H groups in total. The van der Waals surface area contributed by atoms with E-state index in [1.165, 1.54) is 60.7 Å². The van der Waals surface area contributed by atoms with Crippen molar-refractivity contribution in [1.29, 1.82) is 0 Å². The van der Waals surface area contributed by atoms with Crippen LogP contribution in [0.25, 0.3) is 0 Å². The molecule has 0 aliphatic rings. The molecule has 0 fully saturated rings. The van der Waals surface area contributed by atoms with E-state index >= 15 is 0 Å². The third kappa shape index (κ3) is 6.77. The van der Waals surface area contributed by atoms with Crippen molar-refractivity contribution in [1.82, 2.24) is 0 Å². The van der Waals surface area contributed by atoms with Crippen LogP contribution in [0.15, 0.2) is 94.7 Å². The summed E-state index contributed by atoms with van der Waals surface area (Å²) in [6, 6.07) is 18.3. The van der Waals surface area contributed by atoms with E-state index in [2.05, 4.69) is 0 Å². The van der Waals surface area contributed by atoms with Gasteiger partial charge in [0.25, 0.3) is 0 Å². The van der Waals surface area contributed by atoms with Gasteiger partial charge in [-0.2, -0.15) is 16.8 Å². The lowest BCUT2D eigenvalue weighted by molar-refractivity contribution is 0.0689. The summed E-state index contributed by atoms with van der Waals surface area (Å²) in [5.74, 6) is -3.75. The molecular weight excluding hydrogens is 563 g/mol. The van der Waals surface area contributed by atoms with Gasteiger partial charge in [-0.05, 0) is 55.8 Å². The third-order valence-corrected chi connectivity index (χ3v) is 8.10. The highest BCUT2D eigenvalue weighted by atomic mass is 32.2. The minimum atomic E-state index is -4.56. The molecule has 0 aliphatic carbocycles. The molecule has 0 heterocycles. The molecule has 4 rings (SSSR count). The fourth-order valence-electron chi connectivity index (χ4n) is 3.50. The molecule has 208 valence electrons. The molecule has 0 amide bonds. The second-order valence-electron chi connectivity index (χ2n) is 8.72. The first-order chi connectivity index (χ1) is 18.8. The van der Waals surface area contributed by atoms with Crippen molar-refractivity contribution in [3.05, 3.63) is 113 Å². The van der Waals surface area contributed by atoms with Gasteiger partial charge < -0.3 is 18.2 Å². The predicted octanol–water partition coefficient (Wildman–Crippen LogP) is 5.26. The molecule has 0 bridgehead atoms. The van der Waals surface area contributed by atoms with Crippen molar-refractivity contribution in [2.45, 2.75) is 30.2 Å². The maximum atomic E-state index is 13.3. The average Bonchev–Trinajstić information content (AvgIpc) is 2.88. The van der Waals surface area contributed by atoms with Crippen LogP contribution in [0.1, 0.15) is 27.0 Å². The molecule has 0 aromatic heterocycles. The van der Waals surface area contributed by atoms with Gasteiger partial charge in [0.1, 0.15) is 39.3 Å². The summed E-state index contributed by atoms with van der Waals surface area (Å²) in [6.45, 7) is 3.25. The Labute approximate surface area is 230 Å². The van der Waals surface area contributed by atoms with Gasteiger partial charge in [0.2, 0.25) is 0 Å². The zero-order valence-electron chi connectivity index (χ0n) is 21.2. The van der Waals surface area contributed by atoms with Gasteiger partial charge in [-0.3, -0.25) is 0 Å². The molecule has 4 aromatic carbocycles. The number of ether oxygens (including phenoxy) is 1. The van der Waals surface area contributed by atoms with Crippen molar-refractivity contribution < 1.29 is 44.2 Å². The van der Waals surface area contributed by atoms with E-state index in [0.29, 0.717) is 5.56 Å². The molecule has 0 aliphatic heterocycles. The number of hydrogen-bond donors (Lipinski definition) is 1. The van der Waals surface area contributed by atoms with Crippen LogP contribution < -0.4 is 13.1 Å². The monoisotopic (exact) mass is 586 g/mol. The molecule has 0 saturated heterocycles. The quantitative estimate of drug-likeness (QED) is 0.247. The van der Waals surface area contributed by atoms with E-state index in [0.717, 1.165) is 23.3 Å². The van der Waals surface area contributed by atoms with E-state index in [1.807, 2.05) is 0 Å². The second kappa shape index (κ2) is 11.4. The Bertz CT molecular complexity index is 1750. The van der Waals surface area contributed by atoms with Crippen LogP contribution in [0.4, 0.5) is 4.39 Å². The number of carbonyl (C=O) groups is 1. The molecule has 0 radical (unpaired) electrons. The summed E-state index contributed by atoms with van der Waals surface area (Å²) in [6.07, 6.45) is 0. The Balaban J connectivity index is 1.79. The first-order valence-corrected chi connectivity index (χ1v) is 14.5. The zero-order valence-corrected chi connectivity index (χ0v) is 22.8. The molecule has 0 unspecified atom stereocenters. The molecule has 0 atom stereocenters. The van der Waals surface area contributed by atoms with E-state index in [-0.39, 0.29) is 16.4 Å². The smallest absolute Gasteiger partial charge is 0.343 e. The Morgan fingerprint density at radius 1 is 0.725 bits per heavy atom. The lowest BCUT2D eigenvalue weighted by Gasteiger charge is -2.16. The normalized spacial score (nSPS) is 11.6. The highest BCUT2D eigenvalue weighted by Crippen LogP contribution is 2.37. The van der Waals surface area contributed by atoms with Crippen molar-refractivity contribution in [2.75, 3.05) is 0 Å². The van der Waals surface area contributed by atoms with Crippen molar-refractivity contribution in [3.8, 4) is 17.2 Å². The lowest BCUT2D eigenvalue weighted by Crippen LogP contribution is -2.15. The van der Waals surface area contributed by atoms with Crippen LogP contribution >= 0.6 is 0 Å². The molecule has 12 heteroatoms. The number of carboxylic acids is 1. The van der Waals surface area contributed by atoms with Gasteiger partial charge in [0.05, 0.1) is 0 Å². The number of aromatic carboxylic acids is 1. The van der Waals surface area contributed by atoms with Crippen LogP contribution in [0.5, 0.6) is 17.2 Å². The van der Waals surface area contributed by atoms with Gasteiger partial charge >= 0.3 is 26.2 Å². The first-order valence-electron chi connectivity index (χ1n) is 11.6. The Hall–Kier alpha value is -4.42. The third-order valence-electron chi connectivity index (χ3n) is 5.59. The van der Waals surface area contributed by atoms with Crippen molar-refractivity contribution in [2.24, 2.45) is 0 Å². The average molecular weight is 587 g/mol. The minimum Gasteiger partial charge on any atom is -0.488 e. The van der Waals surface area contributed by atoms with Gasteiger partial charge in [-0.1, -0.05) is 47.5 Å². The SMILES string of the molecule is Cc1ccc(S(=O)(=O)Oc2cc(OCc3ccc(F)cc3)c(C(=O)O)c(OS(=O)(=O)c3ccc(C)cc3)c2)cc1. The first kappa shape index (κ1) is 28.6. The molecule has 0 saturated carbocycles. The number of rotatable bonds is 10. The topological polar surface area (TPSA) is 133 Å². The summed E-state index contributed by atoms with van der Waals surface area (Å²) in [7, 11) is -8.98. The van der Waals surface area contributed by atoms with Gasteiger partial charge in [-0.25, -0.2) is 9.18 Å². The summed E-state index contributed by atoms with van der Waals surface area (Å²) in [5.41, 5.74) is 1.33. The van der Waals surface area contributed by atoms with Gasteiger partial charge in [-0.15, -0.1) is 0 Å². The summed E-state index contributed by atoms with van der Waals surface area (Å²) in [4.78, 5) is 11.8. The van der Waals surface area contributed by atoms with E-state index in [9.17, 15) is 31.1 Å². The summed E-state index contributed by atoms with van der Waals surface area (Å²) in [5, 5.41) is 9.95. The fourth-order valence-corrected chi connectivity index (χ4v) is 5.35. The number of hydrogen-bond acceptors (Lipinski definition) is 8. The van der Waals surface area contributed by atoms with Crippen LogP contribution in [-0.4, -0.2) is 27.9 Å². The van der Waals surface area contributed by atoms with E-state index < -0.39 is 54.8 Å². The Morgan fingerprint density at radius 2 is 1.20 bits per heavy atom. The molecule has 40 heavy (non-hydrogen) atoms. The van der Waals surface area contributed by atoms with Crippen LogP contribution in [-0.2, 0) is 26.8 Å². The van der Waals surface area contributed by atoms with Gasteiger partial charge in [0, 0.05) is 12.1 Å². The van der Waals surface area contributed by atoms with E-state index in [4.69, 9.17) is 13.1 Å². The van der Waals surface area contributed by atoms with Gasteiger partial charge in [0.15, 0.2) is 5.75 Å². The standard InChI is InChI=1S/C28H23FO9S2/c1-18-3-11-23(12-4-18)39(32,33)37-22-15-25(36-17-20-7-9-21(29)10-8-20)27(28(30)31)26(16-22)38-40(34,35)24-13-5-19(2)6-14-24/h3-16H,17H2,1-2H3,(H,30,31). The lowest BCUT2D eigenvalue weighted by atomic mass is 10.1. The van der Waals surface area contributed by atoms with Crippen LogP contribution in [0.3, 0.4) is 0 Å². The second-order valence-corrected chi connectivity index (χ2v) is 11.8. The van der Waals surface area contributed by atoms with Crippen molar-refractivity contribution >= 4 is 26.2 Å². The van der Waals surface area contributed by atoms with Crippen molar-refractivity contribution in [3.63, 3.8) is 0 Å². The number of carboxylic acid groups (broad SMARTS) is 1. The maximum Gasteiger partial charge on any atom is 0.343 e. The number of aryl methyl sites for hydroxylation is 2. The predicted molar refractivity (Wildman–Crippen MR) is 142 cm³/mol. The fraction of sp³-hybridized carbons (Fsp3) is 0.107. The molecule has 0 spiro atoms.